The smallest absolute Gasteiger partial charge is 0.351 e. The molecule has 3 heterocycles. The Hall–Kier alpha value is -3.71. The van der Waals surface area contributed by atoms with E-state index >= 15 is 0 Å². The van der Waals surface area contributed by atoms with Crippen LogP contribution < -0.4 is 16.6 Å². The monoisotopic (exact) mass is 445 g/mol. The highest BCUT2D eigenvalue weighted by molar-refractivity contribution is 5.89. The van der Waals surface area contributed by atoms with Crippen molar-refractivity contribution in [2.75, 3.05) is 39.4 Å². The molecule has 168 valence electrons. The minimum absolute atomic E-state index is 0.234. The van der Waals surface area contributed by atoms with Gasteiger partial charge in [0.1, 0.15) is 5.82 Å². The third kappa shape index (κ3) is 4.48. The number of rotatable bonds is 6. The molecule has 1 aliphatic heterocycles. The molecular weight excluding hydrogens is 425 g/mol. The fourth-order valence-electron chi connectivity index (χ4n) is 3.10. The normalized spacial score (nSPS) is 14.4. The topological polar surface area (TPSA) is 137 Å². The summed E-state index contributed by atoms with van der Waals surface area (Å²) in [6, 6.07) is 4.98. The van der Waals surface area contributed by atoms with E-state index in [-0.39, 0.29) is 23.1 Å². The van der Waals surface area contributed by atoms with Crippen LogP contribution in [0.4, 0.5) is 4.39 Å². The van der Waals surface area contributed by atoms with Gasteiger partial charge in [-0.15, -0.1) is 0 Å². The van der Waals surface area contributed by atoms with E-state index in [0.717, 1.165) is 34.5 Å². The molecule has 1 aliphatic rings. The minimum Gasteiger partial charge on any atom is -0.379 e. The highest BCUT2D eigenvalue weighted by Crippen LogP contribution is 2.10. The van der Waals surface area contributed by atoms with Gasteiger partial charge in [0.25, 0.3) is 5.56 Å². The largest absolute Gasteiger partial charge is 0.379 e. The number of carbonyl (C=O) groups excluding carboxylic acids is 1. The van der Waals surface area contributed by atoms with Crippen LogP contribution in [0.5, 0.6) is 0 Å². The van der Waals surface area contributed by atoms with Gasteiger partial charge in [-0.1, -0.05) is 5.16 Å². The van der Waals surface area contributed by atoms with Gasteiger partial charge in [0.2, 0.25) is 5.82 Å². The van der Waals surface area contributed by atoms with E-state index in [0.29, 0.717) is 26.3 Å². The van der Waals surface area contributed by atoms with Gasteiger partial charge in [-0.05, 0) is 24.3 Å². The number of hydrogen-bond acceptors (Lipinski definition) is 9. The van der Waals surface area contributed by atoms with Gasteiger partial charge < -0.3 is 14.6 Å². The summed E-state index contributed by atoms with van der Waals surface area (Å²) >= 11 is 0. The quantitative estimate of drug-likeness (QED) is 0.516. The molecule has 1 aromatic carbocycles. The Balaban J connectivity index is 1.54. The van der Waals surface area contributed by atoms with E-state index in [2.05, 4.69) is 25.5 Å². The van der Waals surface area contributed by atoms with Crippen molar-refractivity contribution >= 4 is 5.91 Å². The zero-order valence-corrected chi connectivity index (χ0v) is 17.2. The second-order valence-electron chi connectivity index (χ2n) is 7.02. The van der Waals surface area contributed by atoms with Crippen LogP contribution in [-0.4, -0.2) is 74.7 Å². The lowest BCUT2D eigenvalue weighted by Gasteiger charge is -2.26. The van der Waals surface area contributed by atoms with Crippen molar-refractivity contribution in [2.45, 2.75) is 0 Å². The third-order valence-electron chi connectivity index (χ3n) is 4.90. The standard InChI is InChI=1S/C19H20FN7O5/c1-25-18(29)14(23-27(19(25)30)13-4-2-12(20)3-5-13)15-22-17(32-24-15)16(28)21-6-7-26-8-10-31-11-9-26/h2-5H,6-11H2,1H3,(H,21,28). The van der Waals surface area contributed by atoms with Gasteiger partial charge >= 0.3 is 17.5 Å². The first-order chi connectivity index (χ1) is 15.4. The molecule has 12 nitrogen and oxygen atoms in total. The molecule has 0 saturated carbocycles. The van der Waals surface area contributed by atoms with Crippen LogP contribution in [-0.2, 0) is 11.8 Å². The van der Waals surface area contributed by atoms with Crippen molar-refractivity contribution in [1.29, 1.82) is 0 Å². The Kier molecular flexibility index (Phi) is 6.18. The first-order valence-corrected chi connectivity index (χ1v) is 9.83. The highest BCUT2D eigenvalue weighted by Gasteiger charge is 2.22. The molecule has 0 bridgehead atoms. The van der Waals surface area contributed by atoms with Crippen LogP contribution in [0.3, 0.4) is 0 Å². The molecule has 0 aliphatic carbocycles. The van der Waals surface area contributed by atoms with E-state index in [1.54, 1.807) is 0 Å². The SMILES string of the molecule is Cn1c(=O)c(-c2noc(C(=O)NCCN3CCOCC3)n2)nn(-c2ccc(F)cc2)c1=O. The minimum atomic E-state index is -0.770. The zero-order valence-electron chi connectivity index (χ0n) is 17.2. The summed E-state index contributed by atoms with van der Waals surface area (Å²) in [6.07, 6.45) is 0. The van der Waals surface area contributed by atoms with Crippen LogP contribution >= 0.6 is 0 Å². The van der Waals surface area contributed by atoms with Crippen LogP contribution in [0.25, 0.3) is 17.2 Å². The lowest BCUT2D eigenvalue weighted by Crippen LogP contribution is -2.41. The fourth-order valence-corrected chi connectivity index (χ4v) is 3.10. The lowest BCUT2D eigenvalue weighted by molar-refractivity contribution is 0.0382. The van der Waals surface area contributed by atoms with Crippen molar-refractivity contribution in [3.05, 3.63) is 56.8 Å². The predicted molar refractivity (Wildman–Crippen MR) is 108 cm³/mol. The maximum absolute atomic E-state index is 13.2. The fraction of sp³-hybridized carbons (Fsp3) is 0.368. The summed E-state index contributed by atoms with van der Waals surface area (Å²) in [5.41, 5.74) is -1.58. The molecule has 1 amide bonds. The number of benzene rings is 1. The summed E-state index contributed by atoms with van der Waals surface area (Å²) in [6.45, 7) is 3.90. The second kappa shape index (κ2) is 9.20. The number of hydrogen-bond donors (Lipinski definition) is 1. The molecule has 1 fully saturated rings. The van der Waals surface area contributed by atoms with Crippen LogP contribution in [0.1, 0.15) is 10.7 Å². The first kappa shape index (κ1) is 21.5. The number of aromatic nitrogens is 5. The summed E-state index contributed by atoms with van der Waals surface area (Å²) in [7, 11) is 1.26. The summed E-state index contributed by atoms with van der Waals surface area (Å²) < 4.78 is 25.2. The molecule has 4 rings (SSSR count). The Morgan fingerprint density at radius 1 is 1.19 bits per heavy atom. The van der Waals surface area contributed by atoms with Gasteiger partial charge in [-0.2, -0.15) is 14.8 Å². The number of amides is 1. The maximum Gasteiger partial charge on any atom is 0.351 e. The molecule has 3 aromatic rings. The van der Waals surface area contributed by atoms with E-state index in [1.165, 1.54) is 19.2 Å². The molecule has 1 N–H and O–H groups in total. The Morgan fingerprint density at radius 2 is 1.91 bits per heavy atom. The molecule has 0 radical (unpaired) electrons. The van der Waals surface area contributed by atoms with Gasteiger partial charge in [0, 0.05) is 33.2 Å². The number of ether oxygens (including phenoxy) is 1. The molecule has 1 saturated heterocycles. The van der Waals surface area contributed by atoms with Crippen molar-refractivity contribution in [3.63, 3.8) is 0 Å². The van der Waals surface area contributed by atoms with Crippen molar-refractivity contribution in [3.8, 4) is 17.2 Å². The number of halogens is 1. The highest BCUT2D eigenvalue weighted by atomic mass is 19.1. The van der Waals surface area contributed by atoms with Crippen molar-refractivity contribution in [2.24, 2.45) is 7.05 Å². The predicted octanol–water partition coefficient (Wildman–Crippen LogP) is -0.818. The molecule has 0 unspecified atom stereocenters. The molecule has 13 heteroatoms. The second-order valence-corrected chi connectivity index (χ2v) is 7.02. The number of morpholine rings is 1. The van der Waals surface area contributed by atoms with Crippen LogP contribution in [0.15, 0.2) is 38.4 Å². The Bertz CT molecular complexity index is 1230. The average Bonchev–Trinajstić information content (AvgIpc) is 3.29. The summed E-state index contributed by atoms with van der Waals surface area (Å²) in [5, 5.41) is 10.3. The van der Waals surface area contributed by atoms with E-state index < -0.39 is 23.0 Å². The van der Waals surface area contributed by atoms with Gasteiger partial charge in [0.15, 0.2) is 5.69 Å². The number of nitrogens with zero attached hydrogens (tertiary/aromatic N) is 6. The summed E-state index contributed by atoms with van der Waals surface area (Å²) in [5.74, 6) is -1.68. The lowest BCUT2D eigenvalue weighted by atomic mass is 10.3. The Labute approximate surface area is 180 Å². The first-order valence-electron chi connectivity index (χ1n) is 9.83. The average molecular weight is 445 g/mol. The van der Waals surface area contributed by atoms with Gasteiger partial charge in [-0.3, -0.25) is 19.1 Å². The third-order valence-corrected chi connectivity index (χ3v) is 4.90. The van der Waals surface area contributed by atoms with E-state index in [1.807, 2.05) is 0 Å². The van der Waals surface area contributed by atoms with Crippen LogP contribution in [0, 0.1) is 5.82 Å². The number of nitrogens with one attached hydrogen (secondary N) is 1. The zero-order chi connectivity index (χ0) is 22.7. The number of carbonyl (C=O) groups is 1. The Morgan fingerprint density at radius 3 is 2.62 bits per heavy atom. The molecule has 2 aromatic heterocycles. The summed E-state index contributed by atoms with van der Waals surface area (Å²) in [4.78, 5) is 43.4. The molecule has 32 heavy (non-hydrogen) atoms. The molecule has 0 atom stereocenters. The molecule has 0 spiro atoms. The van der Waals surface area contributed by atoms with Crippen LogP contribution in [0.2, 0.25) is 0 Å². The van der Waals surface area contributed by atoms with Crippen molar-refractivity contribution in [1.82, 2.24) is 34.7 Å². The molecular formula is C19H20FN7O5. The van der Waals surface area contributed by atoms with E-state index in [4.69, 9.17) is 9.26 Å². The maximum atomic E-state index is 13.2. The van der Waals surface area contributed by atoms with E-state index in [9.17, 15) is 18.8 Å². The van der Waals surface area contributed by atoms with Gasteiger partial charge in [-0.25, -0.2) is 9.18 Å². The van der Waals surface area contributed by atoms with Gasteiger partial charge in [0.05, 0.1) is 18.9 Å². The van der Waals surface area contributed by atoms with Crippen molar-refractivity contribution < 1.29 is 18.4 Å².